The van der Waals surface area contributed by atoms with Crippen molar-refractivity contribution in [2.24, 2.45) is 0 Å². The highest BCUT2D eigenvalue weighted by Gasteiger charge is 2.16. The van der Waals surface area contributed by atoms with Crippen LogP contribution in [0.2, 0.25) is 0 Å². The number of rotatable bonds is 15. The highest BCUT2D eigenvalue weighted by atomic mass is 16.4. The van der Waals surface area contributed by atoms with Crippen LogP contribution in [0.4, 0.5) is 0 Å². The Morgan fingerprint density at radius 2 is 1.33 bits per heavy atom. The SMILES string of the molecule is CCCCCCCCCCCCC(NCC(=O)O)C(=O)O. The highest BCUT2D eigenvalue weighted by molar-refractivity contribution is 5.75. The van der Waals surface area contributed by atoms with E-state index in [2.05, 4.69) is 12.2 Å². The van der Waals surface area contributed by atoms with Gasteiger partial charge in [-0.2, -0.15) is 0 Å². The van der Waals surface area contributed by atoms with Gasteiger partial charge in [-0.15, -0.1) is 0 Å². The van der Waals surface area contributed by atoms with Gasteiger partial charge in [-0.1, -0.05) is 71.1 Å². The van der Waals surface area contributed by atoms with Gasteiger partial charge in [-0.3, -0.25) is 14.9 Å². The molecule has 0 rings (SSSR count). The van der Waals surface area contributed by atoms with Crippen molar-refractivity contribution in [1.29, 1.82) is 0 Å². The fraction of sp³-hybridized carbons (Fsp3) is 0.875. The van der Waals surface area contributed by atoms with Gasteiger partial charge in [0, 0.05) is 0 Å². The quantitative estimate of drug-likeness (QED) is 0.403. The van der Waals surface area contributed by atoms with E-state index in [-0.39, 0.29) is 6.54 Å². The first-order chi connectivity index (χ1) is 10.1. The summed E-state index contributed by atoms with van der Waals surface area (Å²) in [7, 11) is 0. The lowest BCUT2D eigenvalue weighted by Crippen LogP contribution is -2.39. The second-order valence-corrected chi connectivity index (χ2v) is 5.64. The summed E-state index contributed by atoms with van der Waals surface area (Å²) in [6.45, 7) is 1.92. The maximum absolute atomic E-state index is 10.9. The van der Waals surface area contributed by atoms with E-state index < -0.39 is 18.0 Å². The summed E-state index contributed by atoms with van der Waals surface area (Å²) in [6.07, 6.45) is 12.6. The molecule has 0 radical (unpaired) electrons. The number of carbonyl (C=O) groups is 2. The zero-order valence-electron chi connectivity index (χ0n) is 13.3. The predicted molar refractivity (Wildman–Crippen MR) is 83.5 cm³/mol. The van der Waals surface area contributed by atoms with Crippen LogP contribution in [0.5, 0.6) is 0 Å². The predicted octanol–water partition coefficient (Wildman–Crippen LogP) is 3.42. The molecule has 0 saturated carbocycles. The summed E-state index contributed by atoms with van der Waals surface area (Å²) in [5.74, 6) is -1.99. The minimum Gasteiger partial charge on any atom is -0.480 e. The van der Waals surface area contributed by atoms with Crippen LogP contribution < -0.4 is 5.32 Å². The molecule has 0 aliphatic carbocycles. The Bertz CT molecular complexity index is 281. The van der Waals surface area contributed by atoms with Gasteiger partial charge in [0.05, 0.1) is 6.54 Å². The molecule has 0 aromatic heterocycles. The minimum atomic E-state index is -1.02. The number of aliphatic carboxylic acids is 2. The molecule has 3 N–H and O–H groups in total. The molecule has 0 fully saturated rings. The van der Waals surface area contributed by atoms with Crippen LogP contribution in [0.25, 0.3) is 0 Å². The Morgan fingerprint density at radius 3 is 1.76 bits per heavy atom. The Kier molecular flexibility index (Phi) is 13.1. The molecule has 0 aliphatic rings. The molecule has 0 aromatic carbocycles. The number of carboxylic acids is 2. The smallest absolute Gasteiger partial charge is 0.320 e. The lowest BCUT2D eigenvalue weighted by Gasteiger charge is -2.12. The van der Waals surface area contributed by atoms with Gasteiger partial charge in [0.25, 0.3) is 0 Å². The van der Waals surface area contributed by atoms with Crippen LogP contribution in [-0.4, -0.2) is 34.7 Å². The summed E-state index contributed by atoms with van der Waals surface area (Å²) in [5, 5.41) is 20.1. The van der Waals surface area contributed by atoms with Crippen molar-refractivity contribution < 1.29 is 19.8 Å². The molecule has 0 bridgehead atoms. The summed E-state index contributed by atoms with van der Waals surface area (Å²) in [5.41, 5.74) is 0. The minimum absolute atomic E-state index is 0.297. The summed E-state index contributed by atoms with van der Waals surface area (Å²) >= 11 is 0. The van der Waals surface area contributed by atoms with Gasteiger partial charge in [0.2, 0.25) is 0 Å². The van der Waals surface area contributed by atoms with Gasteiger partial charge in [-0.05, 0) is 6.42 Å². The summed E-state index contributed by atoms with van der Waals surface area (Å²) in [6, 6.07) is -0.741. The van der Waals surface area contributed by atoms with Gasteiger partial charge in [0.15, 0.2) is 0 Å². The van der Waals surface area contributed by atoms with Crippen LogP contribution in [-0.2, 0) is 9.59 Å². The molecule has 1 atom stereocenters. The van der Waals surface area contributed by atoms with E-state index in [9.17, 15) is 9.59 Å². The highest BCUT2D eigenvalue weighted by Crippen LogP contribution is 2.12. The third kappa shape index (κ3) is 13.6. The van der Waals surface area contributed by atoms with E-state index >= 15 is 0 Å². The largest absolute Gasteiger partial charge is 0.480 e. The van der Waals surface area contributed by atoms with Gasteiger partial charge >= 0.3 is 11.9 Å². The Hall–Kier alpha value is -1.10. The van der Waals surface area contributed by atoms with Crippen LogP contribution in [0.3, 0.4) is 0 Å². The summed E-state index contributed by atoms with van der Waals surface area (Å²) in [4.78, 5) is 21.4. The monoisotopic (exact) mass is 301 g/mol. The van der Waals surface area contributed by atoms with Crippen molar-refractivity contribution >= 4 is 11.9 Å². The number of hydrogen-bond donors (Lipinski definition) is 3. The summed E-state index contributed by atoms with van der Waals surface area (Å²) < 4.78 is 0. The van der Waals surface area contributed by atoms with Crippen molar-refractivity contribution in [3.8, 4) is 0 Å². The van der Waals surface area contributed by atoms with Crippen molar-refractivity contribution in [3.63, 3.8) is 0 Å². The number of nitrogens with one attached hydrogen (secondary N) is 1. The fourth-order valence-electron chi connectivity index (χ4n) is 2.36. The Balaban J connectivity index is 3.45. The molecule has 0 saturated heterocycles. The lowest BCUT2D eigenvalue weighted by molar-refractivity contribution is -0.140. The average molecular weight is 301 g/mol. The first kappa shape index (κ1) is 19.9. The molecule has 0 aliphatic heterocycles. The van der Waals surface area contributed by atoms with E-state index in [4.69, 9.17) is 10.2 Å². The first-order valence-electron chi connectivity index (χ1n) is 8.26. The normalized spacial score (nSPS) is 12.2. The molecular weight excluding hydrogens is 270 g/mol. The maximum Gasteiger partial charge on any atom is 0.320 e. The van der Waals surface area contributed by atoms with Crippen molar-refractivity contribution in [2.75, 3.05) is 6.54 Å². The number of hydrogen-bond acceptors (Lipinski definition) is 3. The fourth-order valence-corrected chi connectivity index (χ4v) is 2.36. The van der Waals surface area contributed by atoms with Crippen molar-refractivity contribution in [2.45, 2.75) is 83.6 Å². The van der Waals surface area contributed by atoms with Crippen LogP contribution in [0.1, 0.15) is 77.6 Å². The standard InChI is InChI=1S/C16H31NO4/c1-2-3-4-5-6-7-8-9-10-11-12-14(16(20)21)17-13-15(18)19/h14,17H,2-13H2,1H3,(H,18,19)(H,20,21). The van der Waals surface area contributed by atoms with E-state index in [0.29, 0.717) is 6.42 Å². The molecule has 1 unspecified atom stereocenters. The molecule has 0 heterocycles. The Labute approximate surface area is 128 Å². The average Bonchev–Trinajstić information content (AvgIpc) is 2.43. The van der Waals surface area contributed by atoms with Gasteiger partial charge < -0.3 is 10.2 Å². The van der Waals surface area contributed by atoms with E-state index in [1.807, 2.05) is 0 Å². The van der Waals surface area contributed by atoms with E-state index in [1.54, 1.807) is 0 Å². The third-order valence-electron chi connectivity index (χ3n) is 3.64. The zero-order valence-corrected chi connectivity index (χ0v) is 13.3. The second-order valence-electron chi connectivity index (χ2n) is 5.64. The van der Waals surface area contributed by atoms with E-state index in [1.165, 1.54) is 44.9 Å². The van der Waals surface area contributed by atoms with Crippen LogP contribution >= 0.6 is 0 Å². The van der Waals surface area contributed by atoms with Gasteiger partial charge in [-0.25, -0.2) is 0 Å². The molecular formula is C16H31NO4. The van der Waals surface area contributed by atoms with Crippen LogP contribution in [0, 0.1) is 0 Å². The zero-order chi connectivity index (χ0) is 15.9. The molecule has 0 spiro atoms. The first-order valence-corrected chi connectivity index (χ1v) is 8.26. The number of unbranched alkanes of at least 4 members (excludes halogenated alkanes) is 9. The van der Waals surface area contributed by atoms with Crippen molar-refractivity contribution in [1.82, 2.24) is 5.32 Å². The number of carboxylic acid groups (broad SMARTS) is 2. The molecule has 5 nitrogen and oxygen atoms in total. The topological polar surface area (TPSA) is 86.6 Å². The van der Waals surface area contributed by atoms with Crippen LogP contribution in [0.15, 0.2) is 0 Å². The lowest BCUT2D eigenvalue weighted by atomic mass is 10.0. The molecule has 21 heavy (non-hydrogen) atoms. The molecule has 0 aromatic rings. The Morgan fingerprint density at radius 1 is 0.857 bits per heavy atom. The van der Waals surface area contributed by atoms with Gasteiger partial charge in [0.1, 0.15) is 6.04 Å². The molecule has 5 heteroatoms. The van der Waals surface area contributed by atoms with Crippen molar-refractivity contribution in [3.05, 3.63) is 0 Å². The maximum atomic E-state index is 10.9. The second kappa shape index (κ2) is 13.9. The molecule has 0 amide bonds. The van der Waals surface area contributed by atoms with E-state index in [0.717, 1.165) is 19.3 Å². The third-order valence-corrected chi connectivity index (χ3v) is 3.64. The molecule has 124 valence electrons.